The lowest BCUT2D eigenvalue weighted by Crippen LogP contribution is -2.30. The quantitative estimate of drug-likeness (QED) is 0.858. The molecular weight excluding hydrogens is 314 g/mol. The van der Waals surface area contributed by atoms with Gasteiger partial charge in [-0.2, -0.15) is 0 Å². The smallest absolute Gasteiger partial charge is 0.254 e. The van der Waals surface area contributed by atoms with Gasteiger partial charge in [0, 0.05) is 23.6 Å². The van der Waals surface area contributed by atoms with Gasteiger partial charge in [0.05, 0.1) is 13.7 Å². The Hall–Kier alpha value is -2.20. The molecule has 0 saturated carbocycles. The molecule has 1 atom stereocenters. The molecule has 23 heavy (non-hydrogen) atoms. The molecule has 0 aromatic heterocycles. The minimum Gasteiger partial charge on any atom is -0.497 e. The van der Waals surface area contributed by atoms with E-state index >= 15 is 0 Å². The van der Waals surface area contributed by atoms with Crippen LogP contribution >= 0.6 is 11.6 Å². The number of methoxy groups -OCH3 is 1. The zero-order chi connectivity index (χ0) is 16.2. The van der Waals surface area contributed by atoms with Gasteiger partial charge in [0.15, 0.2) is 0 Å². The Morgan fingerprint density at radius 2 is 1.91 bits per heavy atom. The van der Waals surface area contributed by atoms with Crippen LogP contribution < -0.4 is 9.47 Å². The summed E-state index contributed by atoms with van der Waals surface area (Å²) >= 11 is 5.95. The number of ether oxygens (including phenoxy) is 2. The largest absolute Gasteiger partial charge is 0.497 e. The van der Waals surface area contributed by atoms with E-state index in [1.165, 1.54) is 0 Å². The van der Waals surface area contributed by atoms with Crippen LogP contribution in [0.5, 0.6) is 11.5 Å². The van der Waals surface area contributed by atoms with E-state index in [1.54, 1.807) is 36.3 Å². The molecule has 5 heteroatoms. The number of nitrogens with zero attached hydrogens (tertiary/aromatic N) is 1. The van der Waals surface area contributed by atoms with Crippen molar-refractivity contribution in [3.8, 4) is 11.5 Å². The zero-order valence-corrected chi connectivity index (χ0v) is 13.6. The highest BCUT2D eigenvalue weighted by molar-refractivity contribution is 6.30. The van der Waals surface area contributed by atoms with Crippen LogP contribution in [0.3, 0.4) is 0 Å². The Kier molecular flexibility index (Phi) is 4.72. The van der Waals surface area contributed by atoms with E-state index in [9.17, 15) is 4.79 Å². The average molecular weight is 332 g/mol. The van der Waals surface area contributed by atoms with Gasteiger partial charge in [-0.25, -0.2) is 0 Å². The zero-order valence-electron chi connectivity index (χ0n) is 12.9. The number of halogens is 1. The van der Waals surface area contributed by atoms with E-state index in [0.29, 0.717) is 23.7 Å². The molecule has 2 aromatic carbocycles. The Morgan fingerprint density at radius 1 is 1.17 bits per heavy atom. The Morgan fingerprint density at radius 3 is 2.61 bits per heavy atom. The molecule has 4 nitrogen and oxygen atoms in total. The number of hydrogen-bond donors (Lipinski definition) is 0. The first-order valence-corrected chi connectivity index (χ1v) is 7.89. The number of carbonyl (C=O) groups excluding carboxylic acids is 1. The number of amides is 1. The second-order valence-corrected chi connectivity index (χ2v) is 5.90. The van der Waals surface area contributed by atoms with Gasteiger partial charge >= 0.3 is 0 Å². The first-order chi connectivity index (χ1) is 11.2. The minimum atomic E-state index is -0.00618. The number of benzene rings is 2. The van der Waals surface area contributed by atoms with E-state index in [2.05, 4.69) is 0 Å². The van der Waals surface area contributed by atoms with Crippen molar-refractivity contribution >= 4 is 17.5 Å². The third kappa shape index (κ3) is 3.77. The van der Waals surface area contributed by atoms with Gasteiger partial charge in [0.2, 0.25) is 0 Å². The summed E-state index contributed by atoms with van der Waals surface area (Å²) in [6.45, 7) is 1.27. The van der Waals surface area contributed by atoms with Crippen molar-refractivity contribution < 1.29 is 14.3 Å². The maximum Gasteiger partial charge on any atom is 0.254 e. The molecule has 1 heterocycles. The lowest BCUT2D eigenvalue weighted by Gasteiger charge is -2.17. The molecule has 0 aliphatic carbocycles. The van der Waals surface area contributed by atoms with Crippen LogP contribution in [0.1, 0.15) is 16.8 Å². The molecule has 1 saturated heterocycles. The summed E-state index contributed by atoms with van der Waals surface area (Å²) in [5.74, 6) is 1.57. The molecule has 0 spiro atoms. The van der Waals surface area contributed by atoms with E-state index in [1.807, 2.05) is 24.3 Å². The molecule has 1 fully saturated rings. The monoisotopic (exact) mass is 331 g/mol. The minimum absolute atomic E-state index is 0.00605. The van der Waals surface area contributed by atoms with Crippen molar-refractivity contribution in [3.63, 3.8) is 0 Å². The van der Waals surface area contributed by atoms with Crippen LogP contribution in [0.4, 0.5) is 0 Å². The Balaban J connectivity index is 1.60. The molecule has 0 bridgehead atoms. The van der Waals surface area contributed by atoms with E-state index < -0.39 is 0 Å². The van der Waals surface area contributed by atoms with Gasteiger partial charge in [-0.05, 0) is 42.5 Å². The third-order valence-electron chi connectivity index (χ3n) is 3.87. The summed E-state index contributed by atoms with van der Waals surface area (Å²) in [4.78, 5) is 14.3. The molecule has 2 aromatic rings. The van der Waals surface area contributed by atoms with Gasteiger partial charge in [0.25, 0.3) is 5.91 Å². The summed E-state index contributed by atoms with van der Waals surface area (Å²) in [5.41, 5.74) is 0.614. The van der Waals surface area contributed by atoms with Crippen molar-refractivity contribution in [3.05, 3.63) is 59.1 Å². The van der Waals surface area contributed by atoms with Crippen molar-refractivity contribution in [2.45, 2.75) is 12.5 Å². The van der Waals surface area contributed by atoms with Crippen LogP contribution in [0.2, 0.25) is 5.02 Å². The van der Waals surface area contributed by atoms with Crippen LogP contribution in [0.15, 0.2) is 48.5 Å². The van der Waals surface area contributed by atoms with Crippen LogP contribution in [-0.2, 0) is 0 Å². The molecule has 1 aliphatic heterocycles. The molecule has 3 rings (SSSR count). The van der Waals surface area contributed by atoms with Crippen molar-refractivity contribution in [1.82, 2.24) is 4.90 Å². The maximum atomic E-state index is 12.5. The molecule has 1 amide bonds. The van der Waals surface area contributed by atoms with E-state index in [-0.39, 0.29) is 12.0 Å². The van der Waals surface area contributed by atoms with Crippen molar-refractivity contribution in [2.24, 2.45) is 0 Å². The number of hydrogen-bond acceptors (Lipinski definition) is 3. The molecule has 0 radical (unpaired) electrons. The van der Waals surface area contributed by atoms with Gasteiger partial charge in [-0.1, -0.05) is 17.7 Å². The fourth-order valence-electron chi connectivity index (χ4n) is 2.66. The van der Waals surface area contributed by atoms with E-state index in [0.717, 1.165) is 17.9 Å². The fourth-order valence-corrected chi connectivity index (χ4v) is 2.85. The normalized spacial score (nSPS) is 17.1. The van der Waals surface area contributed by atoms with Crippen molar-refractivity contribution in [2.75, 3.05) is 20.2 Å². The highest BCUT2D eigenvalue weighted by atomic mass is 35.5. The summed E-state index contributed by atoms with van der Waals surface area (Å²) in [7, 11) is 1.63. The van der Waals surface area contributed by atoms with Crippen molar-refractivity contribution in [1.29, 1.82) is 0 Å². The number of carbonyl (C=O) groups is 1. The third-order valence-corrected chi connectivity index (χ3v) is 4.10. The van der Waals surface area contributed by atoms with E-state index in [4.69, 9.17) is 21.1 Å². The predicted octanol–water partition coefficient (Wildman–Crippen LogP) is 3.64. The topological polar surface area (TPSA) is 38.8 Å². The highest BCUT2D eigenvalue weighted by Gasteiger charge is 2.28. The second-order valence-electron chi connectivity index (χ2n) is 5.47. The highest BCUT2D eigenvalue weighted by Crippen LogP contribution is 2.23. The Bertz CT molecular complexity index is 687. The summed E-state index contributed by atoms with van der Waals surface area (Å²) in [6.07, 6.45) is 0.824. The van der Waals surface area contributed by atoms with Gasteiger partial charge in [0.1, 0.15) is 17.6 Å². The van der Waals surface area contributed by atoms with Crippen LogP contribution in [-0.4, -0.2) is 37.1 Å². The molecule has 0 N–H and O–H groups in total. The number of likely N-dealkylation sites (tertiary alicyclic amines) is 1. The van der Waals surface area contributed by atoms with Crippen LogP contribution in [0.25, 0.3) is 0 Å². The molecule has 1 aliphatic rings. The Labute approximate surface area is 140 Å². The summed E-state index contributed by atoms with van der Waals surface area (Å²) < 4.78 is 11.1. The van der Waals surface area contributed by atoms with Crippen LogP contribution in [0, 0.1) is 0 Å². The fraction of sp³-hybridized carbons (Fsp3) is 0.278. The first-order valence-electron chi connectivity index (χ1n) is 7.51. The maximum absolute atomic E-state index is 12.5. The van der Waals surface area contributed by atoms with Gasteiger partial charge in [-0.15, -0.1) is 0 Å². The average Bonchev–Trinajstić information content (AvgIpc) is 3.03. The molecule has 0 unspecified atom stereocenters. The lowest BCUT2D eigenvalue weighted by molar-refractivity contribution is 0.0772. The predicted molar refractivity (Wildman–Crippen MR) is 89.4 cm³/mol. The first kappa shape index (κ1) is 15.7. The molecule has 120 valence electrons. The van der Waals surface area contributed by atoms with Gasteiger partial charge < -0.3 is 14.4 Å². The molecular formula is C18H18ClNO3. The SMILES string of the molecule is COc1ccc(O[C@@H]2CCN(C(=O)c3cccc(Cl)c3)C2)cc1. The lowest BCUT2D eigenvalue weighted by atomic mass is 10.2. The standard InChI is InChI=1S/C18H18ClNO3/c1-22-15-5-7-16(8-6-15)23-17-9-10-20(12-17)18(21)13-3-2-4-14(19)11-13/h2-8,11,17H,9-10,12H2,1H3/t17-/m1/s1. The second kappa shape index (κ2) is 6.92. The summed E-state index contributed by atoms with van der Waals surface area (Å²) in [6, 6.07) is 14.5. The number of rotatable bonds is 4. The van der Waals surface area contributed by atoms with Gasteiger partial charge in [-0.3, -0.25) is 4.79 Å². The summed E-state index contributed by atoms with van der Waals surface area (Å²) in [5, 5.41) is 0.570.